The maximum absolute atomic E-state index is 11.0. The summed E-state index contributed by atoms with van der Waals surface area (Å²) in [4.78, 5) is 11.0. The van der Waals surface area contributed by atoms with E-state index >= 15 is 0 Å². The van der Waals surface area contributed by atoms with Crippen molar-refractivity contribution in [2.75, 3.05) is 0 Å². The highest BCUT2D eigenvalue weighted by Crippen LogP contribution is 2.39. The van der Waals surface area contributed by atoms with Gasteiger partial charge in [-0.3, -0.25) is 0 Å². The Morgan fingerprint density at radius 3 is 2.62 bits per heavy atom. The third-order valence-corrected chi connectivity index (χ3v) is 4.02. The van der Waals surface area contributed by atoms with Gasteiger partial charge in [-0.05, 0) is 35.4 Å². The average Bonchev–Trinajstić information content (AvgIpc) is 2.76. The molecule has 0 aliphatic heterocycles. The number of hydrogen-bond acceptors (Lipinski definition) is 3. The summed E-state index contributed by atoms with van der Waals surface area (Å²) in [6.45, 7) is 0.587. The third-order valence-electron chi connectivity index (χ3n) is 3.53. The molecule has 0 fully saturated rings. The normalized spacial score (nSPS) is 10.9. The summed E-state index contributed by atoms with van der Waals surface area (Å²) in [6, 6.07) is 15.6. The van der Waals surface area contributed by atoms with Gasteiger partial charge in [-0.1, -0.05) is 46.3 Å². The SMILES string of the molecule is O=Nc1c(O)n(CCc2ccccc2)c2ccc(Br)cc12. The number of rotatable bonds is 4. The molecule has 0 aliphatic carbocycles. The van der Waals surface area contributed by atoms with Crippen molar-refractivity contribution < 1.29 is 5.11 Å². The Bertz CT molecular complexity index is 797. The van der Waals surface area contributed by atoms with Crippen molar-refractivity contribution in [1.82, 2.24) is 4.57 Å². The quantitative estimate of drug-likeness (QED) is 0.694. The summed E-state index contributed by atoms with van der Waals surface area (Å²) in [5.41, 5.74) is 2.08. The van der Waals surface area contributed by atoms with Gasteiger partial charge < -0.3 is 9.67 Å². The van der Waals surface area contributed by atoms with Crippen LogP contribution in [0.15, 0.2) is 58.2 Å². The Morgan fingerprint density at radius 1 is 1.14 bits per heavy atom. The molecule has 1 N–H and O–H groups in total. The number of nitroso groups, excluding NO2 is 1. The summed E-state index contributed by atoms with van der Waals surface area (Å²) in [5, 5.41) is 13.9. The van der Waals surface area contributed by atoms with Crippen molar-refractivity contribution in [2.24, 2.45) is 5.18 Å². The maximum Gasteiger partial charge on any atom is 0.222 e. The number of hydrogen-bond donors (Lipinski definition) is 1. The molecule has 2 aromatic carbocycles. The van der Waals surface area contributed by atoms with E-state index in [0.29, 0.717) is 11.9 Å². The maximum atomic E-state index is 11.0. The minimum Gasteiger partial charge on any atom is -0.493 e. The largest absolute Gasteiger partial charge is 0.493 e. The molecule has 106 valence electrons. The second-order valence-electron chi connectivity index (χ2n) is 4.81. The van der Waals surface area contributed by atoms with Crippen LogP contribution in [0.25, 0.3) is 10.9 Å². The molecule has 0 atom stereocenters. The first kappa shape index (κ1) is 13.8. The van der Waals surface area contributed by atoms with Crippen molar-refractivity contribution in [2.45, 2.75) is 13.0 Å². The van der Waals surface area contributed by atoms with Crippen LogP contribution in [0.5, 0.6) is 5.88 Å². The summed E-state index contributed by atoms with van der Waals surface area (Å²) in [7, 11) is 0. The fourth-order valence-corrected chi connectivity index (χ4v) is 2.86. The lowest BCUT2D eigenvalue weighted by atomic mass is 10.1. The van der Waals surface area contributed by atoms with Gasteiger partial charge in [0.2, 0.25) is 5.88 Å². The lowest BCUT2D eigenvalue weighted by molar-refractivity contribution is 0.423. The minimum absolute atomic E-state index is 0.0750. The number of fused-ring (bicyclic) bond motifs is 1. The molecule has 5 heteroatoms. The van der Waals surface area contributed by atoms with Crippen LogP contribution in [0.1, 0.15) is 5.56 Å². The summed E-state index contributed by atoms with van der Waals surface area (Å²) < 4.78 is 2.58. The first-order valence-electron chi connectivity index (χ1n) is 6.58. The molecule has 3 rings (SSSR count). The van der Waals surface area contributed by atoms with Crippen LogP contribution in [0.3, 0.4) is 0 Å². The Hall–Kier alpha value is -2.14. The molecule has 0 radical (unpaired) electrons. The lowest BCUT2D eigenvalue weighted by Gasteiger charge is -2.07. The van der Waals surface area contributed by atoms with Gasteiger partial charge in [-0.15, -0.1) is 4.91 Å². The van der Waals surface area contributed by atoms with Crippen LogP contribution in [-0.4, -0.2) is 9.67 Å². The van der Waals surface area contributed by atoms with Crippen LogP contribution < -0.4 is 0 Å². The van der Waals surface area contributed by atoms with E-state index in [4.69, 9.17) is 0 Å². The highest BCUT2D eigenvalue weighted by molar-refractivity contribution is 9.10. The summed E-state index contributed by atoms with van der Waals surface area (Å²) in [6.07, 6.45) is 0.770. The third kappa shape index (κ3) is 2.56. The molecular formula is C16H13BrN2O2. The molecular weight excluding hydrogens is 332 g/mol. The zero-order valence-corrected chi connectivity index (χ0v) is 12.7. The second-order valence-corrected chi connectivity index (χ2v) is 5.73. The van der Waals surface area contributed by atoms with Gasteiger partial charge in [-0.25, -0.2) is 0 Å². The molecule has 0 spiro atoms. The first-order valence-corrected chi connectivity index (χ1v) is 7.38. The molecule has 21 heavy (non-hydrogen) atoms. The van der Waals surface area contributed by atoms with E-state index < -0.39 is 0 Å². The van der Waals surface area contributed by atoms with E-state index in [1.165, 1.54) is 5.56 Å². The van der Waals surface area contributed by atoms with Crippen LogP contribution in [-0.2, 0) is 13.0 Å². The minimum atomic E-state index is -0.0750. The highest BCUT2D eigenvalue weighted by Gasteiger charge is 2.17. The van der Waals surface area contributed by atoms with Crippen molar-refractivity contribution >= 4 is 32.5 Å². The van der Waals surface area contributed by atoms with Crippen molar-refractivity contribution in [3.05, 3.63) is 63.5 Å². The van der Waals surface area contributed by atoms with E-state index in [2.05, 4.69) is 21.1 Å². The summed E-state index contributed by atoms with van der Waals surface area (Å²) >= 11 is 3.37. The van der Waals surface area contributed by atoms with Gasteiger partial charge in [-0.2, -0.15) is 0 Å². The van der Waals surface area contributed by atoms with Gasteiger partial charge in [0.25, 0.3) is 0 Å². The molecule has 3 aromatic rings. The number of aromatic nitrogens is 1. The second kappa shape index (κ2) is 5.69. The Morgan fingerprint density at radius 2 is 1.90 bits per heavy atom. The van der Waals surface area contributed by atoms with Crippen molar-refractivity contribution in [3.63, 3.8) is 0 Å². The number of nitrogens with zero attached hydrogens (tertiary/aromatic N) is 2. The fourth-order valence-electron chi connectivity index (χ4n) is 2.50. The van der Waals surface area contributed by atoms with Crippen LogP contribution >= 0.6 is 15.9 Å². The molecule has 0 bridgehead atoms. The van der Waals surface area contributed by atoms with Crippen LogP contribution in [0, 0.1) is 4.91 Å². The number of halogens is 1. The topological polar surface area (TPSA) is 54.6 Å². The van der Waals surface area contributed by atoms with E-state index in [1.807, 2.05) is 42.5 Å². The molecule has 0 saturated heterocycles. The number of benzene rings is 2. The molecule has 0 amide bonds. The average molecular weight is 345 g/mol. The molecule has 0 unspecified atom stereocenters. The molecule has 0 saturated carbocycles. The molecule has 0 aliphatic rings. The van der Waals surface area contributed by atoms with Gasteiger partial charge in [0, 0.05) is 16.4 Å². The van der Waals surface area contributed by atoms with Gasteiger partial charge in [0.05, 0.1) is 5.52 Å². The Labute approximate surface area is 130 Å². The van der Waals surface area contributed by atoms with Crippen molar-refractivity contribution in [3.8, 4) is 5.88 Å². The van der Waals surface area contributed by atoms with E-state index in [1.54, 1.807) is 10.6 Å². The Balaban J connectivity index is 2.02. The van der Waals surface area contributed by atoms with Gasteiger partial charge in [0.15, 0.2) is 5.69 Å². The molecule has 1 aromatic heterocycles. The number of aryl methyl sites for hydroxylation is 2. The fraction of sp³-hybridized carbons (Fsp3) is 0.125. The number of aromatic hydroxyl groups is 1. The lowest BCUT2D eigenvalue weighted by Crippen LogP contribution is -2.00. The standard InChI is InChI=1S/C16H13BrN2O2/c17-12-6-7-14-13(10-12)15(18-21)16(20)19(14)9-8-11-4-2-1-3-5-11/h1-7,10,20H,8-9H2. The van der Waals surface area contributed by atoms with E-state index in [0.717, 1.165) is 16.4 Å². The molecule has 1 heterocycles. The summed E-state index contributed by atoms with van der Waals surface area (Å²) in [5.74, 6) is -0.0750. The molecule has 4 nitrogen and oxygen atoms in total. The predicted octanol–water partition coefficient (Wildman–Crippen LogP) is 4.75. The van der Waals surface area contributed by atoms with E-state index in [9.17, 15) is 10.0 Å². The smallest absolute Gasteiger partial charge is 0.222 e. The van der Waals surface area contributed by atoms with Gasteiger partial charge in [0.1, 0.15) is 0 Å². The highest BCUT2D eigenvalue weighted by atomic mass is 79.9. The van der Waals surface area contributed by atoms with Crippen molar-refractivity contribution in [1.29, 1.82) is 0 Å². The predicted molar refractivity (Wildman–Crippen MR) is 86.9 cm³/mol. The zero-order chi connectivity index (χ0) is 14.8. The Kier molecular flexibility index (Phi) is 3.75. The van der Waals surface area contributed by atoms with E-state index in [-0.39, 0.29) is 11.6 Å². The van der Waals surface area contributed by atoms with Gasteiger partial charge >= 0.3 is 0 Å². The monoisotopic (exact) mass is 344 g/mol. The van der Waals surface area contributed by atoms with Crippen LogP contribution in [0.4, 0.5) is 5.69 Å². The van der Waals surface area contributed by atoms with Crippen LogP contribution in [0.2, 0.25) is 0 Å². The first-order chi connectivity index (χ1) is 10.2. The zero-order valence-electron chi connectivity index (χ0n) is 11.2.